The fourth-order valence-corrected chi connectivity index (χ4v) is 10.4. The first-order chi connectivity index (χ1) is 28.7. The van der Waals surface area contributed by atoms with Crippen LogP contribution in [0.2, 0.25) is 0 Å². The Morgan fingerprint density at radius 2 is 0.638 bits per heavy atom. The predicted octanol–water partition coefficient (Wildman–Crippen LogP) is 13.0. The Labute approximate surface area is 347 Å². The fraction of sp³-hybridized carbons (Fsp3) is 0.0800. The first-order valence-electron chi connectivity index (χ1n) is 19.7. The van der Waals surface area contributed by atoms with Crippen molar-refractivity contribution in [3.8, 4) is 22.5 Å². The van der Waals surface area contributed by atoms with Crippen LogP contribution >= 0.6 is 23.5 Å². The van der Waals surface area contributed by atoms with Gasteiger partial charge in [-0.2, -0.15) is 0 Å². The van der Waals surface area contributed by atoms with Crippen molar-refractivity contribution in [2.24, 2.45) is 0 Å². The van der Waals surface area contributed by atoms with E-state index in [1.807, 2.05) is 35.9 Å². The van der Waals surface area contributed by atoms with E-state index in [1.165, 1.54) is 42.3 Å². The fourth-order valence-electron chi connectivity index (χ4n) is 8.24. The lowest BCUT2D eigenvalue weighted by Crippen LogP contribution is -2.46. The van der Waals surface area contributed by atoms with Crippen LogP contribution < -0.4 is 19.6 Å². The van der Waals surface area contributed by atoms with E-state index in [4.69, 9.17) is 9.97 Å². The molecule has 3 aliphatic rings. The molecule has 280 valence electrons. The van der Waals surface area contributed by atoms with Gasteiger partial charge < -0.3 is 19.6 Å². The number of hydrogen-bond donors (Lipinski definition) is 0. The maximum Gasteiger partial charge on any atom is 0.0703 e. The van der Waals surface area contributed by atoms with Crippen LogP contribution in [0.3, 0.4) is 0 Å². The maximum atomic E-state index is 4.92. The Hall–Kier alpha value is -6.48. The zero-order valence-electron chi connectivity index (χ0n) is 31.6. The lowest BCUT2D eigenvalue weighted by atomic mass is 10.1. The largest absolute Gasteiger partial charge is 0.367 e. The van der Waals surface area contributed by atoms with Gasteiger partial charge in [0.25, 0.3) is 0 Å². The summed E-state index contributed by atoms with van der Waals surface area (Å²) in [5.74, 6) is 0. The van der Waals surface area contributed by atoms with Gasteiger partial charge in [0.05, 0.1) is 57.9 Å². The molecular formula is C50H38N6S2. The summed E-state index contributed by atoms with van der Waals surface area (Å²) in [5, 5.41) is 0. The molecular weight excluding hydrogens is 749 g/mol. The first-order valence-corrected chi connectivity index (χ1v) is 21.3. The number of nitrogens with zero attached hydrogens (tertiary/aromatic N) is 6. The zero-order valence-corrected chi connectivity index (χ0v) is 33.3. The molecule has 58 heavy (non-hydrogen) atoms. The number of anilines is 8. The molecule has 0 amide bonds. The van der Waals surface area contributed by atoms with Crippen molar-refractivity contribution in [1.82, 2.24) is 9.97 Å². The monoisotopic (exact) mass is 786 g/mol. The van der Waals surface area contributed by atoms with E-state index >= 15 is 0 Å². The Morgan fingerprint density at radius 3 is 0.948 bits per heavy atom. The number of fused-ring (bicyclic) bond motifs is 4. The average molecular weight is 787 g/mol. The summed E-state index contributed by atoms with van der Waals surface area (Å²) in [7, 11) is 0. The van der Waals surface area contributed by atoms with Crippen LogP contribution in [0, 0.1) is 0 Å². The zero-order chi connectivity index (χ0) is 38.4. The van der Waals surface area contributed by atoms with Crippen LogP contribution in [0.5, 0.6) is 0 Å². The van der Waals surface area contributed by atoms with Crippen molar-refractivity contribution in [1.29, 1.82) is 0 Å². The van der Waals surface area contributed by atoms with Crippen LogP contribution in [0.4, 0.5) is 45.5 Å². The number of benzene rings is 6. The number of aromatic nitrogens is 2. The summed E-state index contributed by atoms with van der Waals surface area (Å²) >= 11 is 3.66. The van der Waals surface area contributed by atoms with Crippen molar-refractivity contribution in [2.75, 3.05) is 45.8 Å². The normalized spacial score (nSPS) is 14.3. The number of piperazine rings is 1. The summed E-state index contributed by atoms with van der Waals surface area (Å²) < 4.78 is 0. The molecule has 0 N–H and O–H groups in total. The summed E-state index contributed by atoms with van der Waals surface area (Å²) in [6.45, 7) is 3.71. The van der Waals surface area contributed by atoms with E-state index in [2.05, 4.69) is 189 Å². The third-order valence-corrected chi connectivity index (χ3v) is 13.5. The van der Waals surface area contributed by atoms with Gasteiger partial charge in [-0.25, -0.2) is 0 Å². The van der Waals surface area contributed by atoms with Crippen LogP contribution in [0.25, 0.3) is 22.5 Å². The Balaban J connectivity index is 0.735. The van der Waals surface area contributed by atoms with Gasteiger partial charge in [0, 0.05) is 68.3 Å². The number of rotatable bonds is 6. The molecule has 5 heterocycles. The van der Waals surface area contributed by atoms with Gasteiger partial charge in [0.1, 0.15) is 0 Å². The molecule has 1 saturated heterocycles. The molecule has 6 nitrogen and oxygen atoms in total. The van der Waals surface area contributed by atoms with Gasteiger partial charge in [-0.1, -0.05) is 96.3 Å². The van der Waals surface area contributed by atoms with Crippen molar-refractivity contribution < 1.29 is 0 Å². The van der Waals surface area contributed by atoms with Gasteiger partial charge in [0.15, 0.2) is 0 Å². The topological polar surface area (TPSA) is 38.7 Å². The molecule has 8 heteroatoms. The van der Waals surface area contributed by atoms with Crippen LogP contribution in [0.15, 0.2) is 202 Å². The minimum atomic E-state index is 0.928. The van der Waals surface area contributed by atoms with Gasteiger partial charge in [0.2, 0.25) is 0 Å². The highest BCUT2D eigenvalue weighted by molar-refractivity contribution is 8.00. The minimum absolute atomic E-state index is 0.928. The summed E-state index contributed by atoms with van der Waals surface area (Å²) in [4.78, 5) is 24.5. The van der Waals surface area contributed by atoms with Gasteiger partial charge in [-0.05, 0) is 97.1 Å². The van der Waals surface area contributed by atoms with Crippen LogP contribution in [-0.2, 0) is 0 Å². The second kappa shape index (κ2) is 14.8. The quantitative estimate of drug-likeness (QED) is 0.165. The van der Waals surface area contributed by atoms with Crippen molar-refractivity contribution in [3.63, 3.8) is 0 Å². The molecule has 2 aromatic heterocycles. The van der Waals surface area contributed by atoms with E-state index in [0.717, 1.165) is 71.4 Å². The molecule has 0 atom stereocenters. The summed E-state index contributed by atoms with van der Waals surface area (Å²) in [5.41, 5.74) is 13.6. The standard InChI is InChI=1S/C50H38N6S2/c1-5-13-47-43(9-1)55(44-10-2-6-14-48(44)57-47)37-21-17-35(18-22-37)41-27-25-39(33-51-41)53-29-31-54(32-30-53)40-26-28-42(52-34-40)36-19-23-38(24-20-36)56-45-11-3-7-15-49(45)58-50-16-8-4-12-46(50)56/h1-28,33-34H,29-32H2. The first kappa shape index (κ1) is 34.7. The highest BCUT2D eigenvalue weighted by Crippen LogP contribution is 2.52. The molecule has 0 spiro atoms. The molecule has 6 aromatic carbocycles. The summed E-state index contributed by atoms with van der Waals surface area (Å²) in [6.07, 6.45) is 4.05. The van der Waals surface area contributed by atoms with Crippen LogP contribution in [0.1, 0.15) is 0 Å². The molecule has 11 rings (SSSR count). The molecule has 0 aliphatic carbocycles. The Morgan fingerprint density at radius 1 is 0.328 bits per heavy atom. The minimum Gasteiger partial charge on any atom is -0.367 e. The second-order valence-corrected chi connectivity index (χ2v) is 16.8. The van der Waals surface area contributed by atoms with Gasteiger partial charge in [-0.3, -0.25) is 9.97 Å². The van der Waals surface area contributed by atoms with E-state index in [9.17, 15) is 0 Å². The molecule has 0 radical (unpaired) electrons. The third kappa shape index (κ3) is 6.35. The number of pyridine rings is 2. The highest BCUT2D eigenvalue weighted by atomic mass is 32.2. The molecule has 0 saturated carbocycles. The van der Waals surface area contributed by atoms with Crippen molar-refractivity contribution in [2.45, 2.75) is 19.6 Å². The van der Waals surface area contributed by atoms with Crippen molar-refractivity contribution >= 4 is 69.0 Å². The molecule has 3 aliphatic heterocycles. The van der Waals surface area contributed by atoms with E-state index in [-0.39, 0.29) is 0 Å². The van der Waals surface area contributed by atoms with E-state index < -0.39 is 0 Å². The van der Waals surface area contributed by atoms with Gasteiger partial charge >= 0.3 is 0 Å². The lowest BCUT2D eigenvalue weighted by molar-refractivity contribution is 0.652. The van der Waals surface area contributed by atoms with Crippen LogP contribution in [-0.4, -0.2) is 36.1 Å². The highest BCUT2D eigenvalue weighted by Gasteiger charge is 2.26. The SMILES string of the molecule is c1ccc2c(c1)Sc1ccccc1N2c1ccc(-c2ccc(N3CCN(c4ccc(-c5ccc(N6c7ccccc7Sc7ccccc76)cc5)nc4)CC3)cn2)cc1. The predicted molar refractivity (Wildman–Crippen MR) is 241 cm³/mol. The number of para-hydroxylation sites is 4. The molecule has 1 fully saturated rings. The number of hydrogen-bond acceptors (Lipinski definition) is 8. The lowest BCUT2D eigenvalue weighted by Gasteiger charge is -2.37. The Bertz CT molecular complexity index is 2460. The smallest absolute Gasteiger partial charge is 0.0703 e. The second-order valence-electron chi connectivity index (χ2n) is 14.6. The molecule has 0 unspecified atom stereocenters. The third-order valence-electron chi connectivity index (χ3n) is 11.2. The van der Waals surface area contributed by atoms with Crippen molar-refractivity contribution in [3.05, 3.63) is 182 Å². The Kier molecular flexibility index (Phi) is 8.86. The average Bonchev–Trinajstić information content (AvgIpc) is 3.30. The van der Waals surface area contributed by atoms with E-state index in [0.29, 0.717) is 0 Å². The van der Waals surface area contributed by atoms with E-state index in [1.54, 1.807) is 0 Å². The summed E-state index contributed by atoms with van der Waals surface area (Å²) in [6, 6.07) is 60.8. The molecule has 8 aromatic rings. The van der Waals surface area contributed by atoms with Gasteiger partial charge in [-0.15, -0.1) is 0 Å². The maximum absolute atomic E-state index is 4.92. The molecule has 0 bridgehead atoms.